The molecule has 6 rings (SSSR count). The number of hydrogen-bond acceptors (Lipinski definition) is 4. The average molecular weight is 557 g/mol. The van der Waals surface area contributed by atoms with Gasteiger partial charge in [-0.05, 0) is 76.2 Å². The van der Waals surface area contributed by atoms with E-state index in [0.29, 0.717) is 4.53 Å². The number of hydrogen-bond donors (Lipinski definition) is 0. The maximum Gasteiger partial charge on any atom is 0.271 e. The topological polar surface area (TPSA) is 37.6 Å². The summed E-state index contributed by atoms with van der Waals surface area (Å²) in [4.78, 5) is 21.8. The normalized spacial score (nSPS) is 16.8. The number of halogens is 1. The van der Waals surface area contributed by atoms with Crippen LogP contribution in [-0.2, 0) is 6.42 Å². The van der Waals surface area contributed by atoms with Gasteiger partial charge in [0, 0.05) is 24.1 Å². The van der Waals surface area contributed by atoms with Crippen molar-refractivity contribution >= 4 is 44.7 Å². The Kier molecular flexibility index (Phi) is 5.81. The maximum atomic E-state index is 13.9. The molecule has 4 nitrogen and oxygen atoms in total. The molecule has 0 radical (unpaired) electrons. The minimum atomic E-state index is -0.143. The Hall–Kier alpha value is -3.22. The highest BCUT2D eigenvalue weighted by molar-refractivity contribution is 9.10. The van der Waals surface area contributed by atoms with Crippen LogP contribution in [0.1, 0.15) is 40.3 Å². The SMILES string of the molecule is Cc1ccc(C2C3=C(N=c4sc(=Cc5ccc(N(C)C)c(Br)c5)c(=O)n42)c2ccccc2CC3)cc1. The van der Waals surface area contributed by atoms with Crippen molar-refractivity contribution in [3.63, 3.8) is 0 Å². The lowest BCUT2D eigenvalue weighted by Gasteiger charge is -2.30. The Morgan fingerprint density at radius 1 is 1.06 bits per heavy atom. The lowest BCUT2D eigenvalue weighted by Crippen LogP contribution is -2.38. The number of aryl methyl sites for hydroxylation is 2. The second-order valence-electron chi connectivity index (χ2n) is 9.63. The van der Waals surface area contributed by atoms with Crippen LogP contribution in [0, 0.1) is 6.92 Å². The Morgan fingerprint density at radius 2 is 1.83 bits per heavy atom. The van der Waals surface area contributed by atoms with Gasteiger partial charge in [0.2, 0.25) is 0 Å². The summed E-state index contributed by atoms with van der Waals surface area (Å²) in [6.07, 6.45) is 3.84. The largest absolute Gasteiger partial charge is 0.377 e. The van der Waals surface area contributed by atoms with E-state index in [1.54, 1.807) is 0 Å². The van der Waals surface area contributed by atoms with Crippen molar-refractivity contribution < 1.29 is 0 Å². The van der Waals surface area contributed by atoms with Crippen molar-refractivity contribution in [1.82, 2.24) is 4.57 Å². The molecule has 1 aliphatic carbocycles. The van der Waals surface area contributed by atoms with Crippen LogP contribution in [-0.4, -0.2) is 18.7 Å². The van der Waals surface area contributed by atoms with E-state index in [-0.39, 0.29) is 11.6 Å². The minimum Gasteiger partial charge on any atom is -0.377 e. The monoisotopic (exact) mass is 555 g/mol. The third-order valence-electron chi connectivity index (χ3n) is 7.02. The number of nitrogens with zero attached hydrogens (tertiary/aromatic N) is 3. The average Bonchev–Trinajstić information content (AvgIpc) is 3.17. The van der Waals surface area contributed by atoms with E-state index in [1.807, 2.05) is 24.7 Å². The molecule has 4 aromatic rings. The molecule has 0 fully saturated rings. The van der Waals surface area contributed by atoms with Crippen LogP contribution in [0.25, 0.3) is 11.8 Å². The smallest absolute Gasteiger partial charge is 0.271 e. The minimum absolute atomic E-state index is 0.0162. The fraction of sp³-hybridized carbons (Fsp3) is 0.200. The first-order valence-electron chi connectivity index (χ1n) is 12.1. The van der Waals surface area contributed by atoms with Crippen LogP contribution in [0.4, 0.5) is 5.69 Å². The summed E-state index contributed by atoms with van der Waals surface area (Å²) in [5.74, 6) is 0. The van der Waals surface area contributed by atoms with Gasteiger partial charge in [-0.25, -0.2) is 4.99 Å². The third-order valence-corrected chi connectivity index (χ3v) is 8.64. The quantitative estimate of drug-likeness (QED) is 0.337. The third kappa shape index (κ3) is 3.89. The molecule has 0 saturated carbocycles. The van der Waals surface area contributed by atoms with E-state index in [4.69, 9.17) is 4.99 Å². The molecule has 6 heteroatoms. The second-order valence-corrected chi connectivity index (χ2v) is 11.5. The van der Waals surface area contributed by atoms with Crippen LogP contribution in [0.3, 0.4) is 0 Å². The number of allylic oxidation sites excluding steroid dienone is 1. The molecule has 180 valence electrons. The Labute approximate surface area is 222 Å². The van der Waals surface area contributed by atoms with Crippen molar-refractivity contribution in [3.8, 4) is 0 Å². The molecular formula is C30H26BrN3OS. The van der Waals surface area contributed by atoms with Gasteiger partial charge in [-0.1, -0.05) is 71.5 Å². The van der Waals surface area contributed by atoms with Gasteiger partial charge >= 0.3 is 0 Å². The van der Waals surface area contributed by atoms with Crippen LogP contribution >= 0.6 is 27.3 Å². The van der Waals surface area contributed by atoms with E-state index in [9.17, 15) is 4.79 Å². The molecule has 2 aliphatic rings. The maximum absolute atomic E-state index is 13.9. The van der Waals surface area contributed by atoms with Crippen molar-refractivity contribution in [2.24, 2.45) is 4.99 Å². The summed E-state index contributed by atoms with van der Waals surface area (Å²) in [5, 5.41) is 0. The summed E-state index contributed by atoms with van der Waals surface area (Å²) < 4.78 is 3.61. The fourth-order valence-electron chi connectivity index (χ4n) is 5.20. The van der Waals surface area contributed by atoms with Gasteiger partial charge in [-0.2, -0.15) is 0 Å². The van der Waals surface area contributed by atoms with Crippen molar-refractivity contribution in [2.45, 2.75) is 25.8 Å². The van der Waals surface area contributed by atoms with E-state index in [2.05, 4.69) is 94.5 Å². The predicted octanol–water partition coefficient (Wildman–Crippen LogP) is 5.46. The first-order valence-corrected chi connectivity index (χ1v) is 13.7. The highest BCUT2D eigenvalue weighted by Crippen LogP contribution is 2.41. The summed E-state index contributed by atoms with van der Waals surface area (Å²) in [7, 11) is 4.03. The molecule has 0 spiro atoms. The van der Waals surface area contributed by atoms with Crippen molar-refractivity contribution in [2.75, 3.05) is 19.0 Å². The summed E-state index contributed by atoms with van der Waals surface area (Å²) in [6, 6.07) is 23.1. The summed E-state index contributed by atoms with van der Waals surface area (Å²) in [6.45, 7) is 2.09. The van der Waals surface area contributed by atoms with Crippen LogP contribution in [0.15, 0.2) is 86.6 Å². The van der Waals surface area contributed by atoms with Gasteiger partial charge in [-0.3, -0.25) is 9.36 Å². The summed E-state index contributed by atoms with van der Waals surface area (Å²) in [5.41, 5.74) is 9.22. The van der Waals surface area contributed by atoms with Gasteiger partial charge < -0.3 is 4.90 Å². The van der Waals surface area contributed by atoms with Crippen LogP contribution < -0.4 is 19.8 Å². The summed E-state index contributed by atoms with van der Waals surface area (Å²) >= 11 is 5.15. The predicted molar refractivity (Wildman–Crippen MR) is 152 cm³/mol. The van der Waals surface area contributed by atoms with E-state index < -0.39 is 0 Å². The standard InChI is InChI=1S/C30H26BrN3OS/c1-18-8-11-21(12-9-18)28-23-14-13-20-6-4-5-7-22(20)27(23)32-30-34(28)29(35)26(36-30)17-19-10-15-25(33(2)3)24(31)16-19/h4-12,15-17,28H,13-14H2,1-3H3. The zero-order valence-corrected chi connectivity index (χ0v) is 22.9. The fourth-order valence-corrected chi connectivity index (χ4v) is 6.95. The Bertz CT molecular complexity index is 1710. The Morgan fingerprint density at radius 3 is 2.58 bits per heavy atom. The van der Waals surface area contributed by atoms with E-state index in [0.717, 1.165) is 44.6 Å². The zero-order valence-electron chi connectivity index (χ0n) is 20.5. The molecule has 0 N–H and O–H groups in total. The number of rotatable bonds is 3. The second kappa shape index (κ2) is 9.02. The molecule has 1 atom stereocenters. The van der Waals surface area contributed by atoms with Crippen LogP contribution in [0.2, 0.25) is 0 Å². The first-order chi connectivity index (χ1) is 17.4. The molecule has 2 heterocycles. The Balaban J connectivity index is 1.58. The number of thiazole rings is 1. The molecule has 0 saturated heterocycles. The van der Waals surface area contributed by atoms with E-state index in [1.165, 1.54) is 33.6 Å². The van der Waals surface area contributed by atoms with Gasteiger partial charge in [0.25, 0.3) is 5.56 Å². The molecular weight excluding hydrogens is 530 g/mol. The molecule has 0 amide bonds. The number of fused-ring (bicyclic) bond motifs is 3. The molecule has 3 aromatic carbocycles. The molecule has 0 bridgehead atoms. The number of anilines is 1. The lowest BCUT2D eigenvalue weighted by atomic mass is 9.83. The van der Waals surface area contributed by atoms with E-state index >= 15 is 0 Å². The van der Waals surface area contributed by atoms with Crippen molar-refractivity contribution in [1.29, 1.82) is 0 Å². The highest BCUT2D eigenvalue weighted by atomic mass is 79.9. The van der Waals surface area contributed by atoms with Gasteiger partial charge in [0.1, 0.15) is 0 Å². The number of benzene rings is 3. The molecule has 36 heavy (non-hydrogen) atoms. The van der Waals surface area contributed by atoms with Crippen molar-refractivity contribution in [3.05, 3.63) is 124 Å². The highest BCUT2D eigenvalue weighted by Gasteiger charge is 2.32. The van der Waals surface area contributed by atoms with Crippen LogP contribution in [0.5, 0.6) is 0 Å². The van der Waals surface area contributed by atoms with Gasteiger partial charge in [0.15, 0.2) is 4.80 Å². The number of aromatic nitrogens is 1. The van der Waals surface area contributed by atoms with Gasteiger partial charge in [0.05, 0.1) is 22.0 Å². The van der Waals surface area contributed by atoms with Gasteiger partial charge in [-0.15, -0.1) is 0 Å². The molecule has 1 aromatic heterocycles. The first kappa shape index (κ1) is 23.2. The lowest BCUT2D eigenvalue weighted by molar-refractivity contribution is 0.585. The zero-order chi connectivity index (χ0) is 25.0. The molecule has 1 aliphatic heterocycles. The molecule has 1 unspecified atom stereocenters.